The van der Waals surface area contributed by atoms with Crippen LogP contribution in [0.2, 0.25) is 0 Å². The maximum atomic E-state index is 12.1. The number of hydrogen-bond donors (Lipinski definition) is 0. The van der Waals surface area contributed by atoms with Crippen molar-refractivity contribution in [3.05, 3.63) is 29.8 Å². The smallest absolute Gasteiger partial charge is 0.410 e. The molecule has 0 bridgehead atoms. The minimum Gasteiger partial charge on any atom is -0.444 e. The zero-order valence-corrected chi connectivity index (χ0v) is 16.1. The van der Waals surface area contributed by atoms with E-state index in [1.807, 2.05) is 27.7 Å². The summed E-state index contributed by atoms with van der Waals surface area (Å²) >= 11 is 0. The average Bonchev–Trinajstić information content (AvgIpc) is 2.95. The Morgan fingerprint density at radius 2 is 1.88 bits per heavy atom. The highest BCUT2D eigenvalue weighted by atomic mass is 32.2. The fourth-order valence-electron chi connectivity index (χ4n) is 2.66. The van der Waals surface area contributed by atoms with Crippen LogP contribution in [0.4, 0.5) is 4.79 Å². The fourth-order valence-corrected chi connectivity index (χ4v) is 3.58. The number of ether oxygens (including phenoxy) is 1. The van der Waals surface area contributed by atoms with Crippen LogP contribution in [0.25, 0.3) is 0 Å². The quantitative estimate of drug-likeness (QED) is 0.744. The highest BCUT2D eigenvalue weighted by Gasteiger charge is 2.29. The summed E-state index contributed by atoms with van der Waals surface area (Å²) in [6.07, 6.45) is 1.10. The Morgan fingerprint density at radius 1 is 1.24 bits per heavy atom. The van der Waals surface area contributed by atoms with Crippen molar-refractivity contribution in [2.45, 2.75) is 51.0 Å². The van der Waals surface area contributed by atoms with Gasteiger partial charge in [0.15, 0.2) is 0 Å². The zero-order chi connectivity index (χ0) is 18.7. The van der Waals surface area contributed by atoms with Gasteiger partial charge in [0.2, 0.25) is 0 Å². The van der Waals surface area contributed by atoms with Crippen molar-refractivity contribution in [1.29, 1.82) is 0 Å². The Hall–Kier alpha value is -1.60. The molecule has 1 saturated heterocycles. The molecule has 2 rings (SSSR count). The lowest BCUT2D eigenvalue weighted by Crippen LogP contribution is -2.35. The van der Waals surface area contributed by atoms with Crippen LogP contribution in [-0.2, 0) is 19.0 Å². The molecule has 1 amide bonds. The molecule has 1 aromatic carbocycles. The second-order valence-corrected chi connectivity index (χ2v) is 9.07. The number of nitrogens with zero attached hydrogens (tertiary/aromatic N) is 1. The second-order valence-electron chi connectivity index (χ2n) is 7.46. The van der Waals surface area contributed by atoms with Gasteiger partial charge in [-0.25, -0.2) is 4.79 Å². The first-order chi connectivity index (χ1) is 11.6. The summed E-state index contributed by atoms with van der Waals surface area (Å²) in [5.74, 6) is 0.223. The molecule has 1 aromatic rings. The van der Waals surface area contributed by atoms with Crippen LogP contribution in [0.3, 0.4) is 0 Å². The number of carbonyl (C=O) groups excluding carboxylic acids is 1. The highest BCUT2D eigenvalue weighted by Crippen LogP contribution is 2.23. The molecule has 0 saturated carbocycles. The van der Waals surface area contributed by atoms with Gasteiger partial charge in [-0.1, -0.05) is 17.7 Å². The summed E-state index contributed by atoms with van der Waals surface area (Å²) in [5.41, 5.74) is 0.479. The van der Waals surface area contributed by atoms with Crippen LogP contribution in [0.5, 0.6) is 0 Å². The molecule has 1 heterocycles. The van der Waals surface area contributed by atoms with Crippen molar-refractivity contribution in [2.24, 2.45) is 5.92 Å². The van der Waals surface area contributed by atoms with Crippen molar-refractivity contribution in [3.8, 4) is 0 Å². The summed E-state index contributed by atoms with van der Waals surface area (Å²) < 4.78 is 34.8. The molecule has 140 valence electrons. The molecule has 25 heavy (non-hydrogen) atoms. The lowest BCUT2D eigenvalue weighted by Gasteiger charge is -2.24. The summed E-state index contributed by atoms with van der Waals surface area (Å²) in [4.78, 5) is 13.9. The number of rotatable bonds is 5. The lowest BCUT2D eigenvalue weighted by atomic mass is 10.1. The third-order valence-electron chi connectivity index (χ3n) is 4.01. The number of aryl methyl sites for hydroxylation is 1. The number of amides is 1. The summed E-state index contributed by atoms with van der Waals surface area (Å²) in [6, 6.07) is 6.58. The maximum absolute atomic E-state index is 12.1. The first kappa shape index (κ1) is 19.7. The van der Waals surface area contributed by atoms with Crippen LogP contribution in [0.1, 0.15) is 39.2 Å². The van der Waals surface area contributed by atoms with E-state index < -0.39 is 15.7 Å². The largest absolute Gasteiger partial charge is 0.444 e. The van der Waals surface area contributed by atoms with Crippen LogP contribution < -0.4 is 0 Å². The molecular weight excluding hydrogens is 342 g/mol. The van der Waals surface area contributed by atoms with E-state index >= 15 is 0 Å². The van der Waals surface area contributed by atoms with Crippen molar-refractivity contribution < 1.29 is 22.1 Å². The van der Waals surface area contributed by atoms with Gasteiger partial charge in [-0.05, 0) is 58.6 Å². The maximum Gasteiger partial charge on any atom is 0.410 e. The number of benzene rings is 1. The van der Waals surface area contributed by atoms with Crippen molar-refractivity contribution in [2.75, 3.05) is 19.7 Å². The predicted octanol–water partition coefficient (Wildman–Crippen LogP) is 3.35. The topological polar surface area (TPSA) is 72.9 Å². The number of likely N-dealkylation sites (tertiary alicyclic amines) is 1. The van der Waals surface area contributed by atoms with E-state index in [4.69, 9.17) is 8.92 Å². The molecular formula is C18H27NO5S. The molecule has 0 spiro atoms. The van der Waals surface area contributed by atoms with Gasteiger partial charge < -0.3 is 9.64 Å². The molecule has 1 aliphatic rings. The van der Waals surface area contributed by atoms with Gasteiger partial charge >= 0.3 is 6.09 Å². The van der Waals surface area contributed by atoms with Crippen LogP contribution >= 0.6 is 0 Å². The Kier molecular flexibility index (Phi) is 6.11. The summed E-state index contributed by atoms with van der Waals surface area (Å²) in [5, 5.41) is 0. The molecule has 0 unspecified atom stereocenters. The van der Waals surface area contributed by atoms with E-state index in [1.54, 1.807) is 29.2 Å². The van der Waals surface area contributed by atoms with E-state index in [2.05, 4.69) is 0 Å². The molecule has 0 radical (unpaired) electrons. The Morgan fingerprint density at radius 3 is 2.48 bits per heavy atom. The van der Waals surface area contributed by atoms with Crippen molar-refractivity contribution in [3.63, 3.8) is 0 Å². The monoisotopic (exact) mass is 369 g/mol. The van der Waals surface area contributed by atoms with Gasteiger partial charge in [0.1, 0.15) is 5.60 Å². The van der Waals surface area contributed by atoms with Crippen LogP contribution in [0.15, 0.2) is 29.2 Å². The zero-order valence-electron chi connectivity index (χ0n) is 15.3. The van der Waals surface area contributed by atoms with Gasteiger partial charge in [-0.3, -0.25) is 4.18 Å². The Bertz CT molecular complexity index is 691. The third kappa shape index (κ3) is 6.01. The first-order valence-corrected chi connectivity index (χ1v) is 9.92. The van der Waals surface area contributed by atoms with E-state index in [0.29, 0.717) is 19.5 Å². The molecule has 6 nitrogen and oxygen atoms in total. The number of hydrogen-bond acceptors (Lipinski definition) is 5. The van der Waals surface area contributed by atoms with Gasteiger partial charge in [0.25, 0.3) is 10.1 Å². The SMILES string of the molecule is Cc1ccc(S(=O)(=O)OCC[C@H]2CCN(C(=O)OC(C)(C)C)C2)cc1. The average molecular weight is 369 g/mol. The first-order valence-electron chi connectivity index (χ1n) is 8.51. The summed E-state index contributed by atoms with van der Waals surface area (Å²) in [7, 11) is -3.73. The summed E-state index contributed by atoms with van der Waals surface area (Å²) in [6.45, 7) is 8.72. The third-order valence-corrected chi connectivity index (χ3v) is 5.34. The molecule has 7 heteroatoms. The van der Waals surface area contributed by atoms with Crippen molar-refractivity contribution in [1.82, 2.24) is 4.90 Å². The predicted molar refractivity (Wildman–Crippen MR) is 94.8 cm³/mol. The Balaban J connectivity index is 1.79. The second kappa shape index (κ2) is 7.74. The van der Waals surface area contributed by atoms with Gasteiger partial charge in [-0.2, -0.15) is 8.42 Å². The van der Waals surface area contributed by atoms with Gasteiger partial charge in [0, 0.05) is 13.1 Å². The fraction of sp³-hybridized carbons (Fsp3) is 0.611. The minimum absolute atomic E-state index is 0.114. The molecule has 0 N–H and O–H groups in total. The number of carbonyl (C=O) groups is 1. The van der Waals surface area contributed by atoms with Gasteiger partial charge in [-0.15, -0.1) is 0 Å². The van der Waals surface area contributed by atoms with E-state index in [1.165, 1.54) is 0 Å². The standard InChI is InChI=1S/C18H27NO5S/c1-14-5-7-16(8-6-14)25(21,22)23-12-10-15-9-11-19(13-15)17(20)24-18(2,3)4/h5-8,15H,9-13H2,1-4H3/t15-/m1/s1. The van der Waals surface area contributed by atoms with Gasteiger partial charge in [0.05, 0.1) is 11.5 Å². The van der Waals surface area contributed by atoms with Crippen LogP contribution in [-0.4, -0.2) is 44.7 Å². The molecule has 1 atom stereocenters. The normalized spacial score (nSPS) is 18.4. The lowest BCUT2D eigenvalue weighted by molar-refractivity contribution is 0.0286. The minimum atomic E-state index is -3.73. The molecule has 1 aliphatic heterocycles. The Labute approximate surface area is 150 Å². The van der Waals surface area contributed by atoms with E-state index in [0.717, 1.165) is 12.0 Å². The molecule has 0 aliphatic carbocycles. The molecule has 0 aromatic heterocycles. The van der Waals surface area contributed by atoms with E-state index in [9.17, 15) is 13.2 Å². The van der Waals surface area contributed by atoms with Crippen molar-refractivity contribution >= 4 is 16.2 Å². The van der Waals surface area contributed by atoms with E-state index in [-0.39, 0.29) is 23.5 Å². The highest BCUT2D eigenvalue weighted by molar-refractivity contribution is 7.86. The van der Waals surface area contributed by atoms with Crippen LogP contribution in [0, 0.1) is 12.8 Å². The molecule has 1 fully saturated rings.